The smallest absolute Gasteiger partial charge is 0.243 e. The van der Waals surface area contributed by atoms with Crippen LogP contribution < -0.4 is 9.30 Å². The Balaban J connectivity index is 1.58. The van der Waals surface area contributed by atoms with Gasteiger partial charge in [-0.1, -0.05) is 126 Å². The molecule has 4 aromatic carbocycles. The van der Waals surface area contributed by atoms with Crippen LogP contribution in [0.4, 0.5) is 0 Å². The van der Waals surface area contributed by atoms with Crippen molar-refractivity contribution < 1.29 is 9.30 Å². The summed E-state index contributed by atoms with van der Waals surface area (Å²) in [7, 11) is 2.00. The summed E-state index contributed by atoms with van der Waals surface area (Å²) in [4.78, 5) is 5.35. The van der Waals surface area contributed by atoms with Crippen molar-refractivity contribution in [1.82, 2.24) is 9.55 Å². The van der Waals surface area contributed by atoms with E-state index in [1.165, 1.54) is 33.4 Å². The zero-order valence-electron chi connectivity index (χ0n) is 27.8. The molecule has 2 aromatic heterocycles. The maximum absolute atomic E-state index is 6.36. The Morgan fingerprint density at radius 1 is 0.696 bits per heavy atom. The average Bonchev–Trinajstić information content (AvgIpc) is 3.60. The van der Waals surface area contributed by atoms with Crippen molar-refractivity contribution in [3.05, 3.63) is 161 Å². The molecule has 0 fully saturated rings. The molecule has 0 saturated carbocycles. The maximum atomic E-state index is 6.36. The van der Waals surface area contributed by atoms with Crippen molar-refractivity contribution in [2.75, 3.05) is 0 Å². The lowest BCUT2D eigenvalue weighted by atomic mass is 9.68. The Labute approximate surface area is 273 Å². The first-order valence-electron chi connectivity index (χ1n) is 16.0. The van der Waals surface area contributed by atoms with Gasteiger partial charge in [0.1, 0.15) is 5.75 Å². The summed E-state index contributed by atoms with van der Waals surface area (Å²) < 4.78 is 10.4. The number of nitrogens with zero attached hydrogens (tertiary/aromatic N) is 3. The van der Waals surface area contributed by atoms with E-state index >= 15 is 0 Å². The number of aryl methyl sites for hydroxylation is 1. The number of benzene rings is 4. The van der Waals surface area contributed by atoms with Gasteiger partial charge in [0.2, 0.25) is 12.2 Å². The van der Waals surface area contributed by atoms with Gasteiger partial charge in [0.25, 0.3) is 0 Å². The lowest BCUT2D eigenvalue weighted by molar-refractivity contribution is -0.674. The molecule has 1 aliphatic carbocycles. The second-order valence-corrected chi connectivity index (χ2v) is 14.5. The van der Waals surface area contributed by atoms with Gasteiger partial charge in [0.15, 0.2) is 0 Å². The largest absolute Gasteiger partial charge is 0.439 e. The number of hydrogen-bond acceptors (Lipinski definition) is 2. The first kappa shape index (κ1) is 29.7. The van der Waals surface area contributed by atoms with Crippen molar-refractivity contribution in [2.24, 2.45) is 7.05 Å². The Hall–Kier alpha value is -4.96. The second-order valence-electron chi connectivity index (χ2n) is 14.5. The fourth-order valence-electron chi connectivity index (χ4n) is 6.72. The zero-order chi connectivity index (χ0) is 32.3. The van der Waals surface area contributed by atoms with Gasteiger partial charge in [0.05, 0.1) is 23.8 Å². The predicted octanol–water partition coefficient (Wildman–Crippen LogP) is 9.25. The van der Waals surface area contributed by atoms with Gasteiger partial charge in [0, 0.05) is 18.5 Å². The minimum absolute atomic E-state index is 0.0332. The van der Waals surface area contributed by atoms with E-state index < -0.39 is 5.41 Å². The Morgan fingerprint density at radius 2 is 1.33 bits per heavy atom. The summed E-state index contributed by atoms with van der Waals surface area (Å²) in [5.41, 5.74) is 9.90. The summed E-state index contributed by atoms with van der Waals surface area (Å²) in [6, 6.07) is 39.0. The number of para-hydroxylation sites is 1. The van der Waals surface area contributed by atoms with Crippen LogP contribution in [0.25, 0.3) is 16.8 Å². The van der Waals surface area contributed by atoms with Crippen LogP contribution in [0.2, 0.25) is 0 Å². The molecule has 0 atom stereocenters. The fourth-order valence-corrected chi connectivity index (χ4v) is 6.72. The molecule has 4 heteroatoms. The van der Waals surface area contributed by atoms with Gasteiger partial charge in [-0.2, -0.15) is 0 Å². The minimum atomic E-state index is -0.700. The van der Waals surface area contributed by atoms with Gasteiger partial charge < -0.3 is 13.9 Å². The molecular weight excluding hydrogens is 562 g/mol. The molecule has 2 heterocycles. The zero-order valence-corrected chi connectivity index (χ0v) is 27.8. The molecule has 230 valence electrons. The SMILES string of the molecule is C[n+]1[c-]n(-c2cccc(C3(c4cccc(Oc5ccccc5)n4)c4cc(C(C)(C)C)ccc4-c4ccc(C(C)(C)C)cc43)c2)cc1. The van der Waals surface area contributed by atoms with Crippen molar-refractivity contribution in [1.29, 1.82) is 0 Å². The van der Waals surface area contributed by atoms with Crippen molar-refractivity contribution >= 4 is 0 Å². The third kappa shape index (κ3) is 5.02. The highest BCUT2D eigenvalue weighted by Gasteiger charge is 2.48. The van der Waals surface area contributed by atoms with Crippen LogP contribution >= 0.6 is 0 Å². The second kappa shape index (κ2) is 10.8. The molecule has 46 heavy (non-hydrogen) atoms. The third-order valence-electron chi connectivity index (χ3n) is 9.20. The summed E-state index contributed by atoms with van der Waals surface area (Å²) in [5, 5.41) is 0. The van der Waals surface area contributed by atoms with Crippen molar-refractivity contribution in [3.63, 3.8) is 0 Å². The van der Waals surface area contributed by atoms with E-state index in [9.17, 15) is 0 Å². The first-order valence-corrected chi connectivity index (χ1v) is 16.0. The summed E-state index contributed by atoms with van der Waals surface area (Å²) in [5.74, 6) is 1.33. The van der Waals surface area contributed by atoms with E-state index in [1.807, 2.05) is 65.0 Å². The Morgan fingerprint density at radius 3 is 1.91 bits per heavy atom. The molecule has 0 unspecified atom stereocenters. The van der Waals surface area contributed by atoms with Crippen LogP contribution in [0, 0.1) is 6.33 Å². The molecule has 0 N–H and O–H groups in total. The Bertz CT molecular complexity index is 1990. The number of fused-ring (bicyclic) bond motifs is 3. The number of imidazole rings is 1. The average molecular weight is 604 g/mol. The van der Waals surface area contributed by atoms with E-state index in [-0.39, 0.29) is 10.8 Å². The molecule has 6 aromatic rings. The van der Waals surface area contributed by atoms with Gasteiger partial charge in [-0.15, -0.1) is 0 Å². The molecule has 1 aliphatic rings. The molecule has 4 nitrogen and oxygen atoms in total. The number of rotatable bonds is 5. The summed E-state index contributed by atoms with van der Waals surface area (Å²) in [6.45, 7) is 13.7. The minimum Gasteiger partial charge on any atom is -0.439 e. The molecule has 0 aliphatic heterocycles. The number of ether oxygens (including phenoxy) is 1. The highest BCUT2D eigenvalue weighted by atomic mass is 16.5. The van der Waals surface area contributed by atoms with Crippen molar-refractivity contribution in [2.45, 2.75) is 57.8 Å². The van der Waals surface area contributed by atoms with E-state index in [0.717, 1.165) is 22.7 Å². The highest BCUT2D eigenvalue weighted by molar-refractivity contribution is 5.86. The standard InChI is InChI=1S/C42H41N3O/c1-40(2,3)29-19-21-34-35-22-20-30(41(4,5)6)27-37(35)42(36(34)26-29,31-13-11-14-32(25-31)45-24-23-44(7)28-45)38-17-12-18-39(43-38)46-33-15-9-8-10-16-33/h8-27H,1-7H3. The van der Waals surface area contributed by atoms with Gasteiger partial charge in [-0.3, -0.25) is 0 Å². The van der Waals surface area contributed by atoms with E-state index in [1.54, 1.807) is 0 Å². The summed E-state index contributed by atoms with van der Waals surface area (Å²) >= 11 is 0. The maximum Gasteiger partial charge on any atom is 0.243 e. The van der Waals surface area contributed by atoms with Crippen LogP contribution in [-0.2, 0) is 23.3 Å². The van der Waals surface area contributed by atoms with Gasteiger partial charge in [-0.25, -0.2) is 4.98 Å². The molecular formula is C42H41N3O. The van der Waals surface area contributed by atoms with Crippen LogP contribution in [0.15, 0.2) is 122 Å². The molecule has 0 radical (unpaired) electrons. The molecule has 0 spiro atoms. The van der Waals surface area contributed by atoms with E-state index in [4.69, 9.17) is 9.72 Å². The van der Waals surface area contributed by atoms with E-state index in [0.29, 0.717) is 5.88 Å². The lowest BCUT2D eigenvalue weighted by Crippen LogP contribution is -2.31. The number of hydrogen-bond donors (Lipinski definition) is 0. The highest BCUT2D eigenvalue weighted by Crippen LogP contribution is 2.57. The lowest BCUT2D eigenvalue weighted by Gasteiger charge is -2.35. The normalized spacial score (nSPS) is 13.7. The van der Waals surface area contributed by atoms with Gasteiger partial charge in [-0.05, 0) is 68.0 Å². The van der Waals surface area contributed by atoms with Crippen molar-refractivity contribution in [3.8, 4) is 28.4 Å². The topological polar surface area (TPSA) is 30.9 Å². The van der Waals surface area contributed by atoms with Crippen LogP contribution in [0.3, 0.4) is 0 Å². The van der Waals surface area contributed by atoms with Crippen LogP contribution in [0.5, 0.6) is 11.6 Å². The third-order valence-corrected chi connectivity index (χ3v) is 9.20. The Kier molecular flexibility index (Phi) is 7.01. The molecule has 0 bridgehead atoms. The summed E-state index contributed by atoms with van der Waals surface area (Å²) in [6.07, 6.45) is 7.45. The number of pyridine rings is 1. The monoisotopic (exact) mass is 603 g/mol. The first-order chi connectivity index (χ1) is 21.9. The fraction of sp³-hybridized carbons (Fsp3) is 0.238. The van der Waals surface area contributed by atoms with Gasteiger partial charge >= 0.3 is 0 Å². The number of aromatic nitrogens is 3. The molecule has 0 amide bonds. The molecule has 7 rings (SSSR count). The quantitative estimate of drug-likeness (QED) is 0.145. The van der Waals surface area contributed by atoms with E-state index in [2.05, 4.69) is 121 Å². The molecule has 0 saturated heterocycles. The van der Waals surface area contributed by atoms with Crippen LogP contribution in [-0.4, -0.2) is 9.55 Å². The predicted molar refractivity (Wildman–Crippen MR) is 185 cm³/mol. The van der Waals surface area contributed by atoms with Crippen LogP contribution in [0.1, 0.15) is 75.1 Å².